The van der Waals surface area contributed by atoms with Gasteiger partial charge in [-0.25, -0.2) is 4.39 Å². The summed E-state index contributed by atoms with van der Waals surface area (Å²) in [4.78, 5) is 11.7. The van der Waals surface area contributed by atoms with Crippen LogP contribution in [0.25, 0.3) is 0 Å². The van der Waals surface area contributed by atoms with Gasteiger partial charge in [-0.05, 0) is 35.9 Å². The minimum atomic E-state index is -0.378. The maximum absolute atomic E-state index is 12.9. The summed E-state index contributed by atoms with van der Waals surface area (Å²) in [5.41, 5.74) is 1.48. The summed E-state index contributed by atoms with van der Waals surface area (Å²) in [7, 11) is 0. The van der Waals surface area contributed by atoms with Crippen LogP contribution in [0.15, 0.2) is 48.5 Å². The molecular weight excluding hydrogens is 279 g/mol. The molecule has 0 bridgehead atoms. The second kappa shape index (κ2) is 7.03. The molecule has 0 unspecified atom stereocenters. The number of benzene rings is 2. The van der Waals surface area contributed by atoms with Crippen LogP contribution in [0, 0.1) is 5.82 Å². The molecule has 0 radical (unpaired) electrons. The lowest BCUT2D eigenvalue weighted by molar-refractivity contribution is -0.115. The zero-order chi connectivity index (χ0) is 14.4. The Morgan fingerprint density at radius 2 is 1.90 bits per heavy atom. The third-order valence-corrected chi connectivity index (χ3v) is 2.89. The summed E-state index contributed by atoms with van der Waals surface area (Å²) in [5.74, 6) is -0.596. The molecule has 5 heteroatoms. The Morgan fingerprint density at radius 1 is 1.15 bits per heavy atom. The molecule has 104 valence electrons. The zero-order valence-corrected chi connectivity index (χ0v) is 11.5. The van der Waals surface area contributed by atoms with Gasteiger partial charge in [-0.1, -0.05) is 29.8 Å². The molecule has 2 aromatic rings. The number of nitrogens with one attached hydrogen (secondary N) is 2. The quantitative estimate of drug-likeness (QED) is 0.888. The number of amides is 1. The normalized spacial score (nSPS) is 10.3. The molecule has 0 aliphatic rings. The minimum absolute atomic E-state index is 0.152. The molecule has 0 spiro atoms. The molecule has 2 aromatic carbocycles. The molecule has 0 atom stereocenters. The summed E-state index contributed by atoms with van der Waals surface area (Å²) >= 11 is 5.78. The first-order valence-electron chi connectivity index (χ1n) is 6.14. The molecule has 0 fully saturated rings. The van der Waals surface area contributed by atoms with Crippen LogP contribution in [0.1, 0.15) is 5.56 Å². The number of hydrogen-bond acceptors (Lipinski definition) is 2. The van der Waals surface area contributed by atoms with Crippen LogP contribution in [0.2, 0.25) is 5.02 Å². The van der Waals surface area contributed by atoms with Gasteiger partial charge in [-0.3, -0.25) is 4.79 Å². The highest BCUT2D eigenvalue weighted by Crippen LogP contribution is 2.10. The smallest absolute Gasteiger partial charge is 0.238 e. The third kappa shape index (κ3) is 4.64. The monoisotopic (exact) mass is 292 g/mol. The van der Waals surface area contributed by atoms with Gasteiger partial charge >= 0.3 is 0 Å². The molecule has 0 saturated heterocycles. The molecule has 3 nitrogen and oxygen atoms in total. The maximum atomic E-state index is 12.9. The van der Waals surface area contributed by atoms with E-state index in [4.69, 9.17) is 11.6 Å². The summed E-state index contributed by atoms with van der Waals surface area (Å²) in [6, 6.07) is 13.2. The zero-order valence-electron chi connectivity index (χ0n) is 10.7. The largest absolute Gasteiger partial charge is 0.325 e. The van der Waals surface area contributed by atoms with Gasteiger partial charge in [0, 0.05) is 17.3 Å². The van der Waals surface area contributed by atoms with Gasteiger partial charge in [0.1, 0.15) is 5.82 Å². The molecule has 1 amide bonds. The number of hydrogen-bond donors (Lipinski definition) is 2. The van der Waals surface area contributed by atoms with E-state index in [1.165, 1.54) is 12.1 Å². The van der Waals surface area contributed by atoms with Crippen LogP contribution >= 0.6 is 11.6 Å². The standard InChI is InChI=1S/C15H14ClFN2O/c16-12-6-4-11(5-7-12)9-18-10-15(20)19-14-3-1-2-13(17)8-14/h1-8,18H,9-10H2,(H,19,20). The van der Waals surface area contributed by atoms with Gasteiger partial charge in [0.15, 0.2) is 0 Å². The van der Waals surface area contributed by atoms with E-state index in [9.17, 15) is 9.18 Å². The Hall–Kier alpha value is -1.91. The van der Waals surface area contributed by atoms with Crippen LogP contribution in [-0.4, -0.2) is 12.5 Å². The van der Waals surface area contributed by atoms with Crippen molar-refractivity contribution in [2.24, 2.45) is 0 Å². The molecule has 0 aromatic heterocycles. The highest BCUT2D eigenvalue weighted by Gasteiger charge is 2.02. The fourth-order valence-corrected chi connectivity index (χ4v) is 1.82. The van der Waals surface area contributed by atoms with E-state index in [1.807, 2.05) is 12.1 Å². The van der Waals surface area contributed by atoms with Crippen molar-refractivity contribution in [3.05, 3.63) is 64.9 Å². The van der Waals surface area contributed by atoms with Crippen LogP contribution in [0.4, 0.5) is 10.1 Å². The van der Waals surface area contributed by atoms with E-state index in [2.05, 4.69) is 10.6 Å². The molecule has 20 heavy (non-hydrogen) atoms. The van der Waals surface area contributed by atoms with Crippen molar-refractivity contribution in [1.29, 1.82) is 0 Å². The van der Waals surface area contributed by atoms with Gasteiger partial charge < -0.3 is 10.6 Å². The topological polar surface area (TPSA) is 41.1 Å². The fraction of sp³-hybridized carbons (Fsp3) is 0.133. The van der Waals surface area contributed by atoms with E-state index >= 15 is 0 Å². The molecule has 0 aliphatic carbocycles. The van der Waals surface area contributed by atoms with Crippen LogP contribution < -0.4 is 10.6 Å². The summed E-state index contributed by atoms with van der Waals surface area (Å²) in [6.07, 6.45) is 0. The van der Waals surface area contributed by atoms with E-state index in [-0.39, 0.29) is 18.3 Å². The van der Waals surface area contributed by atoms with Crippen molar-refractivity contribution in [2.45, 2.75) is 6.54 Å². The van der Waals surface area contributed by atoms with Gasteiger partial charge in [0.25, 0.3) is 0 Å². The SMILES string of the molecule is O=C(CNCc1ccc(Cl)cc1)Nc1cccc(F)c1. The molecule has 0 aliphatic heterocycles. The Kier molecular flexibility index (Phi) is 5.09. The van der Waals surface area contributed by atoms with Gasteiger partial charge in [-0.15, -0.1) is 0 Å². The van der Waals surface area contributed by atoms with Crippen molar-refractivity contribution >= 4 is 23.2 Å². The highest BCUT2D eigenvalue weighted by molar-refractivity contribution is 6.30. The Labute approximate surface area is 121 Å². The number of rotatable bonds is 5. The predicted octanol–water partition coefficient (Wildman–Crippen LogP) is 3.21. The number of carbonyl (C=O) groups excluding carboxylic acids is 1. The van der Waals surface area contributed by atoms with E-state index in [0.717, 1.165) is 5.56 Å². The van der Waals surface area contributed by atoms with Gasteiger partial charge in [0.2, 0.25) is 5.91 Å². The minimum Gasteiger partial charge on any atom is -0.325 e. The van der Waals surface area contributed by atoms with Crippen LogP contribution in [0.5, 0.6) is 0 Å². The molecule has 0 saturated carbocycles. The van der Waals surface area contributed by atoms with Crippen molar-refractivity contribution in [3.8, 4) is 0 Å². The van der Waals surface area contributed by atoms with Crippen molar-refractivity contribution in [2.75, 3.05) is 11.9 Å². The Morgan fingerprint density at radius 3 is 2.60 bits per heavy atom. The van der Waals surface area contributed by atoms with Crippen molar-refractivity contribution < 1.29 is 9.18 Å². The molecule has 2 rings (SSSR count). The first kappa shape index (κ1) is 14.5. The van der Waals surface area contributed by atoms with Crippen molar-refractivity contribution in [3.63, 3.8) is 0 Å². The molecule has 0 heterocycles. The lowest BCUT2D eigenvalue weighted by Gasteiger charge is -2.07. The lowest BCUT2D eigenvalue weighted by atomic mass is 10.2. The molecule has 2 N–H and O–H groups in total. The van der Waals surface area contributed by atoms with Gasteiger partial charge in [-0.2, -0.15) is 0 Å². The second-order valence-electron chi connectivity index (χ2n) is 4.29. The summed E-state index contributed by atoms with van der Waals surface area (Å²) in [5, 5.41) is 6.30. The summed E-state index contributed by atoms with van der Waals surface area (Å²) in [6.45, 7) is 0.715. The van der Waals surface area contributed by atoms with Crippen LogP contribution in [0.3, 0.4) is 0 Å². The second-order valence-corrected chi connectivity index (χ2v) is 4.72. The first-order chi connectivity index (χ1) is 9.63. The van der Waals surface area contributed by atoms with Crippen molar-refractivity contribution in [1.82, 2.24) is 5.32 Å². The number of anilines is 1. The Bertz CT molecular complexity index is 587. The fourth-order valence-electron chi connectivity index (χ4n) is 1.69. The average Bonchev–Trinajstić information content (AvgIpc) is 2.41. The van der Waals surface area contributed by atoms with Gasteiger partial charge in [0.05, 0.1) is 6.54 Å². The highest BCUT2D eigenvalue weighted by atomic mass is 35.5. The van der Waals surface area contributed by atoms with E-state index in [1.54, 1.807) is 24.3 Å². The predicted molar refractivity (Wildman–Crippen MR) is 78.2 cm³/mol. The Balaban J connectivity index is 1.76. The third-order valence-electron chi connectivity index (χ3n) is 2.64. The average molecular weight is 293 g/mol. The summed E-state index contributed by atoms with van der Waals surface area (Å²) < 4.78 is 12.9. The first-order valence-corrected chi connectivity index (χ1v) is 6.52. The van der Waals surface area contributed by atoms with E-state index < -0.39 is 0 Å². The number of halogens is 2. The lowest BCUT2D eigenvalue weighted by Crippen LogP contribution is -2.27. The number of carbonyl (C=O) groups is 1. The van der Waals surface area contributed by atoms with E-state index in [0.29, 0.717) is 17.3 Å². The van der Waals surface area contributed by atoms with Crippen LogP contribution in [-0.2, 0) is 11.3 Å². The molecular formula is C15H14ClFN2O. The maximum Gasteiger partial charge on any atom is 0.238 e.